The maximum atomic E-state index is 11.6. The van der Waals surface area contributed by atoms with Crippen LogP contribution in [0.15, 0.2) is 0 Å². The summed E-state index contributed by atoms with van der Waals surface area (Å²) in [5.41, 5.74) is 0. The van der Waals surface area contributed by atoms with Crippen molar-refractivity contribution in [2.45, 2.75) is 63.6 Å². The number of hydrogen-bond acceptors (Lipinski definition) is 2. The maximum absolute atomic E-state index is 11.6. The van der Waals surface area contributed by atoms with Gasteiger partial charge in [0.1, 0.15) is 0 Å². The maximum Gasteiger partial charge on any atom is 0.315 e. The molecule has 0 aromatic carbocycles. The molecule has 2 aliphatic rings. The predicted octanol–water partition coefficient (Wildman–Crippen LogP) is 1.37. The Bertz CT molecular complexity index is 232. The van der Waals surface area contributed by atoms with Gasteiger partial charge in [-0.25, -0.2) is 4.79 Å². The number of fused-ring (bicyclic) bond motifs is 2. The molecule has 2 fully saturated rings. The predicted molar refractivity (Wildman–Crippen MR) is 64.4 cm³/mol. The molecule has 4 heteroatoms. The van der Waals surface area contributed by atoms with Crippen molar-refractivity contribution >= 4 is 6.03 Å². The van der Waals surface area contributed by atoms with Crippen LogP contribution >= 0.6 is 0 Å². The van der Waals surface area contributed by atoms with E-state index in [0.29, 0.717) is 18.1 Å². The zero-order chi connectivity index (χ0) is 11.4. The zero-order valence-corrected chi connectivity index (χ0v) is 10.1. The third kappa shape index (κ3) is 3.11. The van der Waals surface area contributed by atoms with Gasteiger partial charge < -0.3 is 16.0 Å². The van der Waals surface area contributed by atoms with Crippen LogP contribution < -0.4 is 16.0 Å². The summed E-state index contributed by atoms with van der Waals surface area (Å²) in [5.74, 6) is 0. The van der Waals surface area contributed by atoms with Crippen molar-refractivity contribution in [2.24, 2.45) is 0 Å². The second kappa shape index (κ2) is 5.53. The van der Waals surface area contributed by atoms with Gasteiger partial charge in [-0.2, -0.15) is 0 Å². The molecule has 0 radical (unpaired) electrons. The number of amides is 2. The summed E-state index contributed by atoms with van der Waals surface area (Å²) in [5, 5.41) is 9.57. The van der Waals surface area contributed by atoms with Crippen LogP contribution in [0, 0.1) is 0 Å². The quantitative estimate of drug-likeness (QED) is 0.633. The van der Waals surface area contributed by atoms with E-state index in [1.165, 1.54) is 12.8 Å². The van der Waals surface area contributed by atoms with Gasteiger partial charge in [-0.3, -0.25) is 0 Å². The highest BCUT2D eigenvalue weighted by Gasteiger charge is 2.33. The minimum absolute atomic E-state index is 0.0137. The standard InChI is InChI=1S/C12H23N3O/c1-2-3-6-13-12(16)15-11-7-9-4-5-10(8-11)14-9/h9-11,14H,2-8H2,1H3,(H2,13,15,16). The smallest absolute Gasteiger partial charge is 0.315 e. The number of rotatable bonds is 4. The number of urea groups is 1. The number of hydrogen-bond donors (Lipinski definition) is 3. The highest BCUT2D eigenvalue weighted by atomic mass is 16.2. The molecule has 2 aliphatic heterocycles. The van der Waals surface area contributed by atoms with E-state index in [4.69, 9.17) is 0 Å². The van der Waals surface area contributed by atoms with Gasteiger partial charge in [0.25, 0.3) is 0 Å². The van der Waals surface area contributed by atoms with Crippen LogP contribution in [0.2, 0.25) is 0 Å². The van der Waals surface area contributed by atoms with Crippen LogP contribution in [0.5, 0.6) is 0 Å². The molecule has 16 heavy (non-hydrogen) atoms. The molecule has 0 saturated carbocycles. The molecule has 2 unspecified atom stereocenters. The Hall–Kier alpha value is -0.770. The molecule has 2 atom stereocenters. The summed E-state index contributed by atoms with van der Waals surface area (Å²) < 4.78 is 0. The lowest BCUT2D eigenvalue weighted by molar-refractivity contribution is 0.229. The van der Waals surface area contributed by atoms with Crippen molar-refractivity contribution in [3.63, 3.8) is 0 Å². The fourth-order valence-electron chi connectivity index (χ4n) is 2.79. The van der Waals surface area contributed by atoms with E-state index in [-0.39, 0.29) is 6.03 Å². The second-order valence-electron chi connectivity index (χ2n) is 5.06. The molecule has 92 valence electrons. The first-order chi connectivity index (χ1) is 7.78. The molecule has 4 nitrogen and oxygen atoms in total. The van der Waals surface area contributed by atoms with Crippen molar-refractivity contribution in [1.82, 2.24) is 16.0 Å². The van der Waals surface area contributed by atoms with Crippen LogP contribution in [0.3, 0.4) is 0 Å². The van der Waals surface area contributed by atoms with Crippen LogP contribution in [0.4, 0.5) is 4.79 Å². The molecule has 0 spiro atoms. The van der Waals surface area contributed by atoms with Gasteiger partial charge in [-0.05, 0) is 32.1 Å². The second-order valence-corrected chi connectivity index (χ2v) is 5.06. The van der Waals surface area contributed by atoms with E-state index >= 15 is 0 Å². The Morgan fingerprint density at radius 1 is 1.31 bits per heavy atom. The lowest BCUT2D eigenvalue weighted by Gasteiger charge is -2.29. The lowest BCUT2D eigenvalue weighted by atomic mass is 10.0. The average molecular weight is 225 g/mol. The van der Waals surface area contributed by atoms with Crippen molar-refractivity contribution in [3.05, 3.63) is 0 Å². The number of piperidine rings is 1. The Morgan fingerprint density at radius 2 is 2.00 bits per heavy atom. The monoisotopic (exact) mass is 225 g/mol. The van der Waals surface area contributed by atoms with Gasteiger partial charge in [0.2, 0.25) is 0 Å². The first kappa shape index (κ1) is 11.7. The first-order valence-electron chi connectivity index (χ1n) is 6.58. The van der Waals surface area contributed by atoms with Crippen LogP contribution in [-0.2, 0) is 0 Å². The van der Waals surface area contributed by atoms with Crippen molar-refractivity contribution < 1.29 is 4.79 Å². The van der Waals surface area contributed by atoms with E-state index in [1.807, 2.05) is 0 Å². The van der Waals surface area contributed by atoms with E-state index in [9.17, 15) is 4.79 Å². The van der Waals surface area contributed by atoms with Crippen molar-refractivity contribution in [1.29, 1.82) is 0 Å². The molecule has 0 aliphatic carbocycles. The molecule has 0 aromatic rings. The number of carbonyl (C=O) groups is 1. The van der Waals surface area contributed by atoms with E-state index < -0.39 is 0 Å². The summed E-state index contributed by atoms with van der Waals surface area (Å²) in [7, 11) is 0. The van der Waals surface area contributed by atoms with Crippen LogP contribution in [0.25, 0.3) is 0 Å². The minimum Gasteiger partial charge on any atom is -0.338 e. The molecule has 2 amide bonds. The first-order valence-corrected chi connectivity index (χ1v) is 6.58. The van der Waals surface area contributed by atoms with Gasteiger partial charge in [0, 0.05) is 24.7 Å². The molecule has 2 saturated heterocycles. The van der Waals surface area contributed by atoms with E-state index in [2.05, 4.69) is 22.9 Å². The lowest BCUT2D eigenvalue weighted by Crippen LogP contribution is -2.50. The van der Waals surface area contributed by atoms with E-state index in [1.54, 1.807) is 0 Å². The SMILES string of the molecule is CCCCNC(=O)NC1CC2CCC(C1)N2. The molecule has 2 heterocycles. The fraction of sp³-hybridized carbons (Fsp3) is 0.917. The third-order valence-corrected chi connectivity index (χ3v) is 3.62. The largest absolute Gasteiger partial charge is 0.338 e. The van der Waals surface area contributed by atoms with Gasteiger partial charge in [0.05, 0.1) is 0 Å². The average Bonchev–Trinajstić information content (AvgIpc) is 2.58. The molecular formula is C12H23N3O. The zero-order valence-electron chi connectivity index (χ0n) is 10.1. The van der Waals surface area contributed by atoms with E-state index in [0.717, 1.165) is 32.2 Å². The number of unbranched alkanes of at least 4 members (excludes halogenated alkanes) is 1. The fourth-order valence-corrected chi connectivity index (χ4v) is 2.79. The number of nitrogens with one attached hydrogen (secondary N) is 3. The molecule has 0 aromatic heterocycles. The molecular weight excluding hydrogens is 202 g/mol. The highest BCUT2D eigenvalue weighted by molar-refractivity contribution is 5.74. The van der Waals surface area contributed by atoms with Gasteiger partial charge in [0.15, 0.2) is 0 Å². The van der Waals surface area contributed by atoms with Gasteiger partial charge >= 0.3 is 6.03 Å². The number of carbonyl (C=O) groups excluding carboxylic acids is 1. The van der Waals surface area contributed by atoms with Crippen LogP contribution in [-0.4, -0.2) is 30.7 Å². The van der Waals surface area contributed by atoms with Crippen molar-refractivity contribution in [2.75, 3.05) is 6.54 Å². The Kier molecular flexibility index (Phi) is 4.04. The van der Waals surface area contributed by atoms with Crippen molar-refractivity contribution in [3.8, 4) is 0 Å². The molecule has 2 bridgehead atoms. The normalized spacial score (nSPS) is 32.4. The minimum atomic E-state index is 0.0137. The molecule has 2 rings (SSSR count). The van der Waals surface area contributed by atoms with Gasteiger partial charge in [-0.1, -0.05) is 13.3 Å². The highest BCUT2D eigenvalue weighted by Crippen LogP contribution is 2.26. The molecule has 3 N–H and O–H groups in total. The summed E-state index contributed by atoms with van der Waals surface area (Å²) in [4.78, 5) is 11.6. The summed E-state index contributed by atoms with van der Waals surface area (Å²) in [6.45, 7) is 2.92. The van der Waals surface area contributed by atoms with Crippen LogP contribution in [0.1, 0.15) is 45.4 Å². The summed E-state index contributed by atoms with van der Waals surface area (Å²) in [6.07, 6.45) is 6.93. The summed E-state index contributed by atoms with van der Waals surface area (Å²) >= 11 is 0. The van der Waals surface area contributed by atoms with Gasteiger partial charge in [-0.15, -0.1) is 0 Å². The third-order valence-electron chi connectivity index (χ3n) is 3.62. The Morgan fingerprint density at radius 3 is 2.62 bits per heavy atom. The Labute approximate surface area is 97.6 Å². The topological polar surface area (TPSA) is 53.2 Å². The summed E-state index contributed by atoms with van der Waals surface area (Å²) in [6, 6.07) is 1.67. The Balaban J connectivity index is 1.67.